The van der Waals surface area contributed by atoms with Gasteiger partial charge in [-0.05, 0) is 43.2 Å². The molecule has 0 aliphatic heterocycles. The van der Waals surface area contributed by atoms with Gasteiger partial charge in [-0.3, -0.25) is 4.79 Å². The van der Waals surface area contributed by atoms with Gasteiger partial charge in [0.2, 0.25) is 0 Å². The molecule has 27 heavy (non-hydrogen) atoms. The van der Waals surface area contributed by atoms with Crippen molar-refractivity contribution in [3.63, 3.8) is 0 Å². The molecule has 150 valence electrons. The SMILES string of the molecule is CCN(CC)S(=O)(=O)c1ccc(CCNC(=O)c2cc(N)ccc2C)s1.Cl. The summed E-state index contributed by atoms with van der Waals surface area (Å²) in [4.78, 5) is 13.2. The Morgan fingerprint density at radius 3 is 2.48 bits per heavy atom. The first-order valence-electron chi connectivity index (χ1n) is 8.52. The number of carbonyl (C=O) groups excluding carboxylic acids is 1. The Morgan fingerprint density at radius 1 is 1.19 bits per heavy atom. The van der Waals surface area contributed by atoms with Crippen molar-refractivity contribution < 1.29 is 13.2 Å². The Labute approximate surface area is 171 Å². The summed E-state index contributed by atoms with van der Waals surface area (Å²) in [7, 11) is -3.42. The molecule has 0 bridgehead atoms. The standard InChI is InChI=1S/C18H25N3O3S2.ClH/c1-4-21(5-2)26(23,24)17-9-8-15(25-17)10-11-20-18(22)16-12-14(19)7-6-13(16)3;/h6-9,12H,4-5,10-11,19H2,1-3H3,(H,20,22);1H. The lowest BCUT2D eigenvalue weighted by Crippen LogP contribution is -2.30. The number of hydrogen-bond donors (Lipinski definition) is 2. The molecular weight excluding hydrogens is 406 g/mol. The molecule has 2 rings (SSSR count). The second kappa shape index (κ2) is 10.1. The highest BCUT2D eigenvalue weighted by Gasteiger charge is 2.23. The Morgan fingerprint density at radius 2 is 1.85 bits per heavy atom. The molecule has 0 radical (unpaired) electrons. The summed E-state index contributed by atoms with van der Waals surface area (Å²) in [5.41, 5.74) is 7.70. The maximum Gasteiger partial charge on any atom is 0.252 e. The van der Waals surface area contributed by atoms with Crippen LogP contribution in [0.15, 0.2) is 34.5 Å². The van der Waals surface area contributed by atoms with Crippen molar-refractivity contribution in [2.75, 3.05) is 25.4 Å². The van der Waals surface area contributed by atoms with Crippen LogP contribution in [0.2, 0.25) is 0 Å². The van der Waals surface area contributed by atoms with Gasteiger partial charge in [0, 0.05) is 35.8 Å². The Hall–Kier alpha value is -1.61. The van der Waals surface area contributed by atoms with E-state index in [1.165, 1.54) is 15.6 Å². The van der Waals surface area contributed by atoms with Gasteiger partial charge in [0.15, 0.2) is 0 Å². The van der Waals surface area contributed by atoms with Crippen molar-refractivity contribution in [1.29, 1.82) is 0 Å². The van der Waals surface area contributed by atoms with Crippen molar-refractivity contribution in [3.8, 4) is 0 Å². The number of nitrogens with zero attached hydrogens (tertiary/aromatic N) is 1. The summed E-state index contributed by atoms with van der Waals surface area (Å²) in [6.07, 6.45) is 0.575. The minimum atomic E-state index is -3.42. The third-order valence-electron chi connectivity index (χ3n) is 4.10. The van der Waals surface area contributed by atoms with Crippen LogP contribution in [0.5, 0.6) is 0 Å². The van der Waals surface area contributed by atoms with Crippen LogP contribution in [0.25, 0.3) is 0 Å². The van der Waals surface area contributed by atoms with Crippen LogP contribution in [0, 0.1) is 6.92 Å². The predicted octanol–water partition coefficient (Wildman–Crippen LogP) is 3.06. The van der Waals surface area contributed by atoms with Crippen molar-refractivity contribution in [3.05, 3.63) is 46.3 Å². The molecule has 3 N–H and O–H groups in total. The number of nitrogen functional groups attached to an aromatic ring is 1. The third-order valence-corrected chi connectivity index (χ3v) is 7.76. The fourth-order valence-corrected chi connectivity index (χ4v) is 5.57. The molecule has 9 heteroatoms. The average Bonchev–Trinajstić information content (AvgIpc) is 3.07. The number of carbonyl (C=O) groups is 1. The molecule has 0 aliphatic rings. The fraction of sp³-hybridized carbons (Fsp3) is 0.389. The van der Waals surface area contributed by atoms with E-state index < -0.39 is 10.0 Å². The number of rotatable bonds is 8. The van der Waals surface area contributed by atoms with Crippen LogP contribution < -0.4 is 11.1 Å². The first kappa shape index (κ1) is 23.4. The summed E-state index contributed by atoms with van der Waals surface area (Å²) < 4.78 is 26.8. The first-order chi connectivity index (χ1) is 12.3. The van der Waals surface area contributed by atoms with E-state index in [-0.39, 0.29) is 18.3 Å². The average molecular weight is 432 g/mol. The lowest BCUT2D eigenvalue weighted by atomic mass is 10.1. The Balaban J connectivity index is 0.00000364. The van der Waals surface area contributed by atoms with Crippen molar-refractivity contribution in [1.82, 2.24) is 9.62 Å². The number of nitrogens with one attached hydrogen (secondary N) is 1. The molecule has 6 nitrogen and oxygen atoms in total. The van der Waals surface area contributed by atoms with Crippen LogP contribution >= 0.6 is 23.7 Å². The molecule has 0 aliphatic carbocycles. The van der Waals surface area contributed by atoms with Crippen LogP contribution in [0.1, 0.15) is 34.6 Å². The maximum atomic E-state index is 12.5. The largest absolute Gasteiger partial charge is 0.399 e. The number of thiophene rings is 1. The van der Waals surface area contributed by atoms with Gasteiger partial charge in [-0.25, -0.2) is 8.42 Å². The van der Waals surface area contributed by atoms with E-state index in [2.05, 4.69) is 5.32 Å². The molecule has 2 aromatic rings. The molecule has 0 spiro atoms. The number of anilines is 1. The van der Waals surface area contributed by atoms with Gasteiger partial charge in [-0.15, -0.1) is 23.7 Å². The Bertz CT molecular complexity index is 878. The normalized spacial score (nSPS) is 11.3. The predicted molar refractivity (Wildman–Crippen MR) is 113 cm³/mol. The number of aryl methyl sites for hydroxylation is 1. The van der Waals surface area contributed by atoms with E-state index >= 15 is 0 Å². The minimum absolute atomic E-state index is 0. The highest BCUT2D eigenvalue weighted by molar-refractivity contribution is 7.91. The first-order valence-corrected chi connectivity index (χ1v) is 10.8. The van der Waals surface area contributed by atoms with E-state index in [4.69, 9.17) is 5.73 Å². The number of benzene rings is 1. The quantitative estimate of drug-likeness (QED) is 0.628. The number of amides is 1. The zero-order valence-corrected chi connectivity index (χ0v) is 18.1. The summed E-state index contributed by atoms with van der Waals surface area (Å²) in [6, 6.07) is 8.67. The van der Waals surface area contributed by atoms with E-state index in [1.807, 2.05) is 26.8 Å². The van der Waals surface area contributed by atoms with Gasteiger partial charge in [-0.2, -0.15) is 4.31 Å². The number of hydrogen-bond acceptors (Lipinski definition) is 5. The molecule has 0 atom stereocenters. The van der Waals surface area contributed by atoms with Gasteiger partial charge in [-0.1, -0.05) is 19.9 Å². The zero-order chi connectivity index (χ0) is 19.3. The molecule has 1 aromatic carbocycles. The van der Waals surface area contributed by atoms with E-state index in [1.54, 1.807) is 24.3 Å². The van der Waals surface area contributed by atoms with Crippen LogP contribution in [-0.4, -0.2) is 38.3 Å². The minimum Gasteiger partial charge on any atom is -0.399 e. The van der Waals surface area contributed by atoms with Crippen molar-refractivity contribution in [2.24, 2.45) is 0 Å². The summed E-state index contributed by atoms with van der Waals surface area (Å²) >= 11 is 1.25. The van der Waals surface area contributed by atoms with Gasteiger partial charge in [0.05, 0.1) is 0 Å². The van der Waals surface area contributed by atoms with E-state index in [0.29, 0.717) is 41.5 Å². The number of nitrogens with two attached hydrogens (primary N) is 1. The smallest absolute Gasteiger partial charge is 0.252 e. The van der Waals surface area contributed by atoms with Crippen LogP contribution in [0.4, 0.5) is 5.69 Å². The molecule has 0 saturated carbocycles. The summed E-state index contributed by atoms with van der Waals surface area (Å²) in [6.45, 7) is 6.83. The summed E-state index contributed by atoms with van der Waals surface area (Å²) in [5, 5.41) is 2.86. The van der Waals surface area contributed by atoms with E-state index in [9.17, 15) is 13.2 Å². The van der Waals surface area contributed by atoms with Crippen LogP contribution in [-0.2, 0) is 16.4 Å². The molecule has 0 fully saturated rings. The zero-order valence-electron chi connectivity index (χ0n) is 15.7. The number of halogens is 1. The topological polar surface area (TPSA) is 92.5 Å². The van der Waals surface area contributed by atoms with Crippen molar-refractivity contribution >= 4 is 45.4 Å². The van der Waals surface area contributed by atoms with Gasteiger partial charge in [0.1, 0.15) is 4.21 Å². The highest BCUT2D eigenvalue weighted by Crippen LogP contribution is 2.25. The van der Waals surface area contributed by atoms with E-state index in [0.717, 1.165) is 10.4 Å². The monoisotopic (exact) mass is 431 g/mol. The fourth-order valence-electron chi connectivity index (χ4n) is 2.60. The van der Waals surface area contributed by atoms with Gasteiger partial charge in [0.25, 0.3) is 15.9 Å². The lowest BCUT2D eigenvalue weighted by molar-refractivity contribution is 0.0953. The Kier molecular flexibility index (Phi) is 8.74. The molecular formula is C18H26ClN3O3S2. The van der Waals surface area contributed by atoms with Crippen molar-refractivity contribution in [2.45, 2.75) is 31.4 Å². The highest BCUT2D eigenvalue weighted by atomic mass is 35.5. The second-order valence-corrected chi connectivity index (χ2v) is 9.22. The van der Waals surface area contributed by atoms with Gasteiger partial charge < -0.3 is 11.1 Å². The molecule has 0 unspecified atom stereocenters. The second-order valence-electron chi connectivity index (χ2n) is 5.89. The molecule has 1 amide bonds. The van der Waals surface area contributed by atoms with Crippen LogP contribution in [0.3, 0.4) is 0 Å². The summed E-state index contributed by atoms with van der Waals surface area (Å²) in [5.74, 6) is -0.178. The van der Waals surface area contributed by atoms with Gasteiger partial charge >= 0.3 is 0 Å². The molecule has 0 saturated heterocycles. The molecule has 1 aromatic heterocycles. The molecule has 1 heterocycles. The number of sulfonamides is 1. The lowest BCUT2D eigenvalue weighted by Gasteiger charge is -2.16. The maximum absolute atomic E-state index is 12.5. The third kappa shape index (κ3) is 5.68.